The lowest BCUT2D eigenvalue weighted by atomic mass is 10.2. The quantitative estimate of drug-likeness (QED) is 0.377. The average Bonchev–Trinajstić information content (AvgIpc) is 3.33. The Kier molecular flexibility index (Phi) is 6.30. The van der Waals surface area contributed by atoms with E-state index in [1.54, 1.807) is 17.0 Å². The van der Waals surface area contributed by atoms with E-state index in [9.17, 15) is 13.2 Å². The topological polar surface area (TPSA) is 85.2 Å². The van der Waals surface area contributed by atoms with Crippen LogP contribution in [0.4, 0.5) is 5.13 Å². The number of carbonyl (C=O) groups is 1. The number of nitrogens with zero attached hydrogens (tertiary/aromatic N) is 4. The molecule has 0 bridgehead atoms. The molecule has 0 radical (unpaired) electrons. The van der Waals surface area contributed by atoms with Crippen LogP contribution in [0.25, 0.3) is 10.2 Å². The third kappa shape index (κ3) is 4.80. The first-order chi connectivity index (χ1) is 15.5. The molecule has 0 atom stereocenters. The van der Waals surface area contributed by atoms with Gasteiger partial charge in [0, 0.05) is 29.1 Å². The van der Waals surface area contributed by atoms with Gasteiger partial charge in [-0.3, -0.25) is 14.4 Å². The van der Waals surface area contributed by atoms with E-state index in [1.165, 1.54) is 23.5 Å². The monoisotopic (exact) mass is 502 g/mol. The number of amides is 1. The summed E-state index contributed by atoms with van der Waals surface area (Å²) in [4.78, 5) is 20.0. The molecule has 0 N–H and O–H groups in total. The molecule has 2 aromatic carbocycles. The standard InChI is InChI=1S/C23H23ClN4O3S2/c1-14-12-15(2)28(26-14)11-10-27(22(29)17-6-5-7-18(13-17)33(4,30)31)23-25-21-16(3)19(24)8-9-20(21)32-23/h5-9,12-13H,10-11H2,1-4H3. The van der Waals surface area contributed by atoms with Crippen LogP contribution in [-0.4, -0.2) is 41.9 Å². The van der Waals surface area contributed by atoms with Crippen molar-refractivity contribution in [2.45, 2.75) is 32.2 Å². The van der Waals surface area contributed by atoms with E-state index in [2.05, 4.69) is 5.10 Å². The highest BCUT2D eigenvalue weighted by Crippen LogP contribution is 2.34. The van der Waals surface area contributed by atoms with Crippen LogP contribution in [0.2, 0.25) is 5.02 Å². The molecule has 10 heteroatoms. The summed E-state index contributed by atoms with van der Waals surface area (Å²) in [6, 6.07) is 11.8. The van der Waals surface area contributed by atoms with Gasteiger partial charge in [-0.05, 0) is 62.7 Å². The van der Waals surface area contributed by atoms with Crippen LogP contribution in [-0.2, 0) is 16.4 Å². The summed E-state index contributed by atoms with van der Waals surface area (Å²) < 4.78 is 26.8. The van der Waals surface area contributed by atoms with Gasteiger partial charge < -0.3 is 0 Å². The van der Waals surface area contributed by atoms with E-state index < -0.39 is 9.84 Å². The van der Waals surface area contributed by atoms with E-state index in [0.29, 0.717) is 23.2 Å². The molecule has 0 aliphatic carbocycles. The first-order valence-corrected chi connectivity index (χ1v) is 13.3. The Balaban J connectivity index is 1.76. The molecule has 33 heavy (non-hydrogen) atoms. The Morgan fingerprint density at radius 3 is 2.58 bits per heavy atom. The lowest BCUT2D eigenvalue weighted by Crippen LogP contribution is -2.34. The first kappa shape index (κ1) is 23.4. The van der Waals surface area contributed by atoms with Crippen molar-refractivity contribution >= 4 is 54.0 Å². The average molecular weight is 503 g/mol. The highest BCUT2D eigenvalue weighted by molar-refractivity contribution is 7.90. The molecular formula is C23H23ClN4O3S2. The van der Waals surface area contributed by atoms with Crippen molar-refractivity contribution in [3.05, 3.63) is 70.0 Å². The number of hydrogen-bond donors (Lipinski definition) is 0. The molecule has 0 spiro atoms. The minimum atomic E-state index is -3.45. The molecular weight excluding hydrogens is 480 g/mol. The molecule has 0 saturated carbocycles. The van der Waals surface area contributed by atoms with E-state index in [-0.39, 0.29) is 16.4 Å². The molecule has 1 amide bonds. The smallest absolute Gasteiger partial charge is 0.260 e. The molecule has 7 nitrogen and oxygen atoms in total. The summed E-state index contributed by atoms with van der Waals surface area (Å²) in [7, 11) is -3.45. The van der Waals surface area contributed by atoms with E-state index in [4.69, 9.17) is 16.6 Å². The maximum absolute atomic E-state index is 13.6. The number of thiazole rings is 1. The zero-order valence-electron chi connectivity index (χ0n) is 18.7. The summed E-state index contributed by atoms with van der Waals surface area (Å²) in [5.74, 6) is -0.329. The van der Waals surface area contributed by atoms with E-state index in [1.807, 2.05) is 43.7 Å². The number of halogens is 1. The second-order valence-electron chi connectivity index (χ2n) is 7.92. The number of sulfone groups is 1. The van der Waals surface area contributed by atoms with Gasteiger partial charge in [0.2, 0.25) is 0 Å². The largest absolute Gasteiger partial charge is 0.282 e. The summed E-state index contributed by atoms with van der Waals surface area (Å²) >= 11 is 7.66. The second kappa shape index (κ2) is 8.89. The Labute approximate surface area is 201 Å². The van der Waals surface area contributed by atoms with Crippen LogP contribution in [0.5, 0.6) is 0 Å². The molecule has 0 fully saturated rings. The van der Waals surface area contributed by atoms with Crippen molar-refractivity contribution in [3.63, 3.8) is 0 Å². The molecule has 0 aliphatic rings. The van der Waals surface area contributed by atoms with Gasteiger partial charge in [0.05, 0.1) is 27.4 Å². The molecule has 2 aromatic heterocycles. The fraction of sp³-hybridized carbons (Fsp3) is 0.261. The van der Waals surface area contributed by atoms with Gasteiger partial charge in [0.15, 0.2) is 15.0 Å². The van der Waals surface area contributed by atoms with Gasteiger partial charge in [0.1, 0.15) is 0 Å². The van der Waals surface area contributed by atoms with Crippen molar-refractivity contribution < 1.29 is 13.2 Å². The van der Waals surface area contributed by atoms with Crippen molar-refractivity contribution in [3.8, 4) is 0 Å². The van der Waals surface area contributed by atoms with Gasteiger partial charge in [-0.15, -0.1) is 0 Å². The van der Waals surface area contributed by atoms with Crippen molar-refractivity contribution in [1.82, 2.24) is 14.8 Å². The molecule has 0 unspecified atom stereocenters. The van der Waals surface area contributed by atoms with Crippen LogP contribution in [0.3, 0.4) is 0 Å². The van der Waals surface area contributed by atoms with Crippen LogP contribution >= 0.6 is 22.9 Å². The van der Waals surface area contributed by atoms with E-state index >= 15 is 0 Å². The lowest BCUT2D eigenvalue weighted by molar-refractivity contribution is 0.0985. The van der Waals surface area contributed by atoms with Crippen LogP contribution in [0.15, 0.2) is 47.4 Å². The molecule has 4 rings (SSSR count). The fourth-order valence-electron chi connectivity index (χ4n) is 3.60. The van der Waals surface area contributed by atoms with Crippen LogP contribution in [0.1, 0.15) is 27.3 Å². The van der Waals surface area contributed by atoms with Gasteiger partial charge in [0.25, 0.3) is 5.91 Å². The maximum atomic E-state index is 13.6. The number of hydrogen-bond acceptors (Lipinski definition) is 6. The van der Waals surface area contributed by atoms with E-state index in [0.717, 1.165) is 33.4 Å². The Morgan fingerprint density at radius 2 is 1.91 bits per heavy atom. The SMILES string of the molecule is Cc1cc(C)n(CCN(C(=O)c2cccc(S(C)(=O)=O)c2)c2nc3c(C)c(Cl)ccc3s2)n1. The number of aromatic nitrogens is 3. The van der Waals surface area contributed by atoms with Gasteiger partial charge in [-0.25, -0.2) is 13.4 Å². The zero-order valence-corrected chi connectivity index (χ0v) is 21.1. The predicted octanol–water partition coefficient (Wildman–Crippen LogP) is 4.82. The number of benzene rings is 2. The normalized spacial score (nSPS) is 11.8. The minimum absolute atomic E-state index is 0.0961. The number of anilines is 1. The minimum Gasteiger partial charge on any atom is -0.282 e. The fourth-order valence-corrected chi connectivity index (χ4v) is 5.47. The Bertz CT molecular complexity index is 1470. The van der Waals surface area contributed by atoms with Gasteiger partial charge in [-0.2, -0.15) is 5.10 Å². The molecule has 0 aliphatic heterocycles. The van der Waals surface area contributed by atoms with Gasteiger partial charge >= 0.3 is 0 Å². The molecule has 0 saturated heterocycles. The van der Waals surface area contributed by atoms with Crippen LogP contribution < -0.4 is 4.90 Å². The highest BCUT2D eigenvalue weighted by atomic mass is 35.5. The molecule has 172 valence electrons. The van der Waals surface area contributed by atoms with Crippen molar-refractivity contribution in [2.75, 3.05) is 17.7 Å². The third-order valence-electron chi connectivity index (χ3n) is 5.36. The zero-order chi connectivity index (χ0) is 23.9. The number of carbonyl (C=O) groups excluding carboxylic acids is 1. The van der Waals surface area contributed by atoms with Crippen molar-refractivity contribution in [2.24, 2.45) is 0 Å². The summed E-state index contributed by atoms with van der Waals surface area (Å²) in [5, 5.41) is 5.62. The molecule has 4 aromatic rings. The number of aryl methyl sites for hydroxylation is 3. The van der Waals surface area contributed by atoms with Crippen molar-refractivity contribution in [1.29, 1.82) is 0 Å². The second-order valence-corrected chi connectivity index (χ2v) is 11.4. The maximum Gasteiger partial charge on any atom is 0.260 e. The molecule has 2 heterocycles. The number of rotatable bonds is 6. The Hall–Kier alpha value is -2.75. The predicted molar refractivity (Wildman–Crippen MR) is 132 cm³/mol. The van der Waals surface area contributed by atoms with Gasteiger partial charge in [-0.1, -0.05) is 29.0 Å². The lowest BCUT2D eigenvalue weighted by Gasteiger charge is -2.20. The summed E-state index contributed by atoms with van der Waals surface area (Å²) in [6.07, 6.45) is 1.12. The Morgan fingerprint density at radius 1 is 1.15 bits per heavy atom. The van der Waals surface area contributed by atoms with Crippen LogP contribution in [0, 0.1) is 20.8 Å². The highest BCUT2D eigenvalue weighted by Gasteiger charge is 2.23. The third-order valence-corrected chi connectivity index (χ3v) is 7.92. The number of fused-ring (bicyclic) bond motifs is 1. The first-order valence-electron chi connectivity index (χ1n) is 10.2. The summed E-state index contributed by atoms with van der Waals surface area (Å²) in [5.41, 5.74) is 3.76. The summed E-state index contributed by atoms with van der Waals surface area (Å²) in [6.45, 7) is 6.56.